The highest BCUT2D eigenvalue weighted by Crippen LogP contribution is 2.11. The van der Waals surface area contributed by atoms with Crippen molar-refractivity contribution in [2.45, 2.75) is 25.5 Å². The first-order valence-electron chi connectivity index (χ1n) is 5.99. The van der Waals surface area contributed by atoms with Gasteiger partial charge in [-0.15, -0.1) is 0 Å². The maximum Gasteiger partial charge on any atom is 0.0673 e. The maximum atomic E-state index is 5.65. The fraction of sp³-hybridized carbons (Fsp3) is 1.00. The summed E-state index contributed by atoms with van der Waals surface area (Å²) in [7, 11) is 0. The smallest absolute Gasteiger partial charge is 0.0673 e. The van der Waals surface area contributed by atoms with Gasteiger partial charge in [0.25, 0.3) is 0 Å². The van der Waals surface area contributed by atoms with Gasteiger partial charge in [-0.2, -0.15) is 11.8 Å². The van der Waals surface area contributed by atoms with Gasteiger partial charge in [-0.25, -0.2) is 0 Å². The van der Waals surface area contributed by atoms with E-state index in [1.807, 2.05) is 0 Å². The molecule has 0 radical (unpaired) electrons. The van der Waals surface area contributed by atoms with Gasteiger partial charge >= 0.3 is 0 Å². The SMILES string of the molecule is CC1CN(CC2CSCCN2)CCCO1. The number of hydrogen-bond acceptors (Lipinski definition) is 4. The van der Waals surface area contributed by atoms with Gasteiger partial charge in [0.2, 0.25) is 0 Å². The molecule has 2 rings (SSSR count). The van der Waals surface area contributed by atoms with Crippen molar-refractivity contribution < 1.29 is 4.74 Å². The molecule has 0 aliphatic carbocycles. The molecular formula is C11H22N2OS. The summed E-state index contributed by atoms with van der Waals surface area (Å²) >= 11 is 2.08. The first-order valence-corrected chi connectivity index (χ1v) is 7.15. The Hall–Kier alpha value is 0.230. The van der Waals surface area contributed by atoms with Crippen LogP contribution in [-0.2, 0) is 4.74 Å². The Kier molecular flexibility index (Phi) is 4.75. The van der Waals surface area contributed by atoms with Crippen molar-refractivity contribution in [2.75, 3.05) is 44.3 Å². The number of nitrogens with one attached hydrogen (secondary N) is 1. The molecule has 15 heavy (non-hydrogen) atoms. The van der Waals surface area contributed by atoms with Crippen LogP contribution in [0.2, 0.25) is 0 Å². The molecule has 0 spiro atoms. The lowest BCUT2D eigenvalue weighted by Crippen LogP contribution is -2.47. The van der Waals surface area contributed by atoms with Crippen LogP contribution >= 0.6 is 11.8 Å². The van der Waals surface area contributed by atoms with Crippen LogP contribution in [0.25, 0.3) is 0 Å². The van der Waals surface area contributed by atoms with E-state index in [-0.39, 0.29) is 0 Å². The summed E-state index contributed by atoms with van der Waals surface area (Å²) in [5, 5.41) is 3.60. The largest absolute Gasteiger partial charge is 0.377 e. The Bertz CT molecular complexity index is 185. The van der Waals surface area contributed by atoms with Crippen LogP contribution in [0.4, 0.5) is 0 Å². The molecule has 2 aliphatic heterocycles. The Morgan fingerprint density at radius 1 is 1.53 bits per heavy atom. The van der Waals surface area contributed by atoms with Gasteiger partial charge in [-0.3, -0.25) is 4.90 Å². The minimum atomic E-state index is 0.406. The van der Waals surface area contributed by atoms with Crippen LogP contribution in [0.5, 0.6) is 0 Å². The van der Waals surface area contributed by atoms with Crippen molar-refractivity contribution in [3.63, 3.8) is 0 Å². The second kappa shape index (κ2) is 6.09. The third kappa shape index (κ3) is 3.94. The van der Waals surface area contributed by atoms with Gasteiger partial charge in [-0.1, -0.05) is 0 Å². The fourth-order valence-corrected chi connectivity index (χ4v) is 3.23. The average molecular weight is 230 g/mol. The second-order valence-corrected chi connectivity index (χ2v) is 5.67. The molecule has 2 atom stereocenters. The van der Waals surface area contributed by atoms with E-state index >= 15 is 0 Å². The molecule has 0 bridgehead atoms. The average Bonchev–Trinajstić information content (AvgIpc) is 2.44. The first-order chi connectivity index (χ1) is 7.34. The number of ether oxygens (including phenoxy) is 1. The summed E-state index contributed by atoms with van der Waals surface area (Å²) in [5.41, 5.74) is 0. The van der Waals surface area contributed by atoms with Gasteiger partial charge in [0.05, 0.1) is 6.10 Å². The lowest BCUT2D eigenvalue weighted by Gasteiger charge is -2.30. The van der Waals surface area contributed by atoms with E-state index in [9.17, 15) is 0 Å². The Labute approximate surface area is 96.9 Å². The third-order valence-electron chi connectivity index (χ3n) is 3.01. The molecule has 2 saturated heterocycles. The Balaban J connectivity index is 1.76. The molecule has 88 valence electrons. The summed E-state index contributed by atoms with van der Waals surface area (Å²) in [6.07, 6.45) is 1.59. The molecule has 2 aliphatic rings. The molecule has 3 nitrogen and oxygen atoms in total. The quantitative estimate of drug-likeness (QED) is 0.758. The summed E-state index contributed by atoms with van der Waals surface area (Å²) in [6.45, 7) is 7.79. The van der Waals surface area contributed by atoms with Crippen molar-refractivity contribution in [1.29, 1.82) is 0 Å². The van der Waals surface area contributed by atoms with E-state index < -0.39 is 0 Å². The topological polar surface area (TPSA) is 24.5 Å². The molecule has 4 heteroatoms. The van der Waals surface area contributed by atoms with Crippen LogP contribution in [0.15, 0.2) is 0 Å². The maximum absolute atomic E-state index is 5.65. The van der Waals surface area contributed by atoms with Crippen LogP contribution in [0, 0.1) is 0 Å². The van der Waals surface area contributed by atoms with E-state index in [0.29, 0.717) is 12.1 Å². The first kappa shape index (κ1) is 11.7. The zero-order chi connectivity index (χ0) is 10.5. The van der Waals surface area contributed by atoms with E-state index in [4.69, 9.17) is 4.74 Å². The van der Waals surface area contributed by atoms with Crippen molar-refractivity contribution >= 4 is 11.8 Å². The molecule has 0 amide bonds. The number of thioether (sulfide) groups is 1. The highest BCUT2D eigenvalue weighted by atomic mass is 32.2. The molecule has 0 aromatic heterocycles. The summed E-state index contributed by atoms with van der Waals surface area (Å²) in [4.78, 5) is 2.56. The summed E-state index contributed by atoms with van der Waals surface area (Å²) in [6, 6.07) is 0.689. The van der Waals surface area contributed by atoms with Crippen molar-refractivity contribution in [3.05, 3.63) is 0 Å². The standard InChI is InChI=1S/C11H22N2OS/c1-10-7-13(4-2-5-14-10)8-11-9-15-6-3-12-11/h10-12H,2-9H2,1H3. The minimum absolute atomic E-state index is 0.406. The van der Waals surface area contributed by atoms with Gasteiger partial charge in [0, 0.05) is 50.3 Å². The van der Waals surface area contributed by atoms with E-state index in [1.54, 1.807) is 0 Å². The Morgan fingerprint density at radius 2 is 2.47 bits per heavy atom. The normalized spacial score (nSPS) is 35.0. The van der Waals surface area contributed by atoms with Crippen molar-refractivity contribution in [2.24, 2.45) is 0 Å². The molecular weight excluding hydrogens is 208 g/mol. The predicted octanol–water partition coefficient (Wildman–Crippen LogP) is 0.802. The highest BCUT2D eigenvalue weighted by molar-refractivity contribution is 7.99. The molecule has 1 N–H and O–H groups in total. The fourth-order valence-electron chi connectivity index (χ4n) is 2.29. The lowest BCUT2D eigenvalue weighted by molar-refractivity contribution is 0.0668. The molecule has 2 heterocycles. The highest BCUT2D eigenvalue weighted by Gasteiger charge is 2.20. The van der Waals surface area contributed by atoms with Gasteiger partial charge in [0.15, 0.2) is 0 Å². The lowest BCUT2D eigenvalue weighted by atomic mass is 10.2. The summed E-state index contributed by atoms with van der Waals surface area (Å²) in [5.74, 6) is 2.54. The van der Waals surface area contributed by atoms with Crippen LogP contribution in [0.1, 0.15) is 13.3 Å². The molecule has 0 aromatic carbocycles. The molecule has 0 aromatic rings. The van der Waals surface area contributed by atoms with E-state index in [1.165, 1.54) is 37.6 Å². The second-order valence-electron chi connectivity index (χ2n) is 4.52. The van der Waals surface area contributed by atoms with Gasteiger partial charge in [0.1, 0.15) is 0 Å². The van der Waals surface area contributed by atoms with E-state index in [0.717, 1.165) is 13.2 Å². The number of nitrogens with zero attached hydrogens (tertiary/aromatic N) is 1. The molecule has 2 unspecified atom stereocenters. The van der Waals surface area contributed by atoms with Crippen LogP contribution in [-0.4, -0.2) is 61.3 Å². The Morgan fingerprint density at radius 3 is 3.27 bits per heavy atom. The number of hydrogen-bond donors (Lipinski definition) is 1. The summed E-state index contributed by atoms with van der Waals surface area (Å²) < 4.78 is 5.65. The van der Waals surface area contributed by atoms with Crippen molar-refractivity contribution in [1.82, 2.24) is 10.2 Å². The minimum Gasteiger partial charge on any atom is -0.377 e. The molecule has 2 fully saturated rings. The van der Waals surface area contributed by atoms with Crippen LogP contribution in [0.3, 0.4) is 0 Å². The third-order valence-corrected chi connectivity index (χ3v) is 4.14. The van der Waals surface area contributed by atoms with Gasteiger partial charge in [-0.05, 0) is 13.3 Å². The van der Waals surface area contributed by atoms with Gasteiger partial charge < -0.3 is 10.1 Å². The zero-order valence-corrected chi connectivity index (χ0v) is 10.4. The molecule has 0 saturated carbocycles. The van der Waals surface area contributed by atoms with Crippen LogP contribution < -0.4 is 5.32 Å². The van der Waals surface area contributed by atoms with Crippen molar-refractivity contribution in [3.8, 4) is 0 Å². The van der Waals surface area contributed by atoms with E-state index in [2.05, 4.69) is 28.9 Å². The number of rotatable bonds is 2. The predicted molar refractivity (Wildman–Crippen MR) is 65.6 cm³/mol. The monoisotopic (exact) mass is 230 g/mol. The zero-order valence-electron chi connectivity index (χ0n) is 9.58.